The summed E-state index contributed by atoms with van der Waals surface area (Å²) in [5.74, 6) is -0.908. The van der Waals surface area contributed by atoms with Crippen LogP contribution in [-0.4, -0.2) is 46.7 Å². The largest absolute Gasteiger partial charge is 0.462 e. The Morgan fingerprint density at radius 3 is 2.79 bits per heavy atom. The lowest BCUT2D eigenvalue weighted by Crippen LogP contribution is -2.32. The van der Waals surface area contributed by atoms with Crippen LogP contribution in [-0.2, 0) is 9.53 Å². The van der Waals surface area contributed by atoms with Gasteiger partial charge in [-0.1, -0.05) is 0 Å². The summed E-state index contributed by atoms with van der Waals surface area (Å²) in [4.78, 5) is 11.3. The van der Waals surface area contributed by atoms with E-state index < -0.39 is 24.8 Å². The van der Waals surface area contributed by atoms with Gasteiger partial charge < -0.3 is 20.1 Å². The first-order chi connectivity index (χ1) is 6.66. The highest BCUT2D eigenvalue weighted by molar-refractivity contribution is 5.92. The highest BCUT2D eigenvalue weighted by Gasteiger charge is 2.45. The van der Waals surface area contributed by atoms with Crippen LogP contribution in [0.25, 0.3) is 0 Å². The fraction of sp³-hybridized carbons (Fsp3) is 0.667. The van der Waals surface area contributed by atoms with Crippen LogP contribution in [0.4, 0.5) is 0 Å². The van der Waals surface area contributed by atoms with Crippen LogP contribution >= 0.6 is 0 Å². The standard InChI is InChI=1S/C9H12O5/c10-3-5-6-4(7(11)8(5)12)1-2-14-9(6)13/h4,7-8,10-12H,1-3H2/t4-,7+,8-/m1/s1. The molecule has 0 amide bonds. The fourth-order valence-corrected chi connectivity index (χ4v) is 2.13. The summed E-state index contributed by atoms with van der Waals surface area (Å²) in [6, 6.07) is 0. The zero-order chi connectivity index (χ0) is 10.3. The molecule has 2 aliphatic rings. The lowest BCUT2D eigenvalue weighted by Gasteiger charge is -2.23. The molecule has 14 heavy (non-hydrogen) atoms. The number of carbonyl (C=O) groups excluding carboxylic acids is 1. The third-order valence-electron chi connectivity index (χ3n) is 2.86. The van der Waals surface area contributed by atoms with Crippen LogP contribution in [0.3, 0.4) is 0 Å². The summed E-state index contributed by atoms with van der Waals surface area (Å²) < 4.78 is 4.79. The number of aliphatic hydroxyl groups excluding tert-OH is 3. The van der Waals surface area contributed by atoms with Crippen LogP contribution in [0.2, 0.25) is 0 Å². The van der Waals surface area contributed by atoms with Crippen molar-refractivity contribution in [2.75, 3.05) is 13.2 Å². The Balaban J connectivity index is 2.40. The van der Waals surface area contributed by atoms with E-state index in [2.05, 4.69) is 0 Å². The van der Waals surface area contributed by atoms with Crippen molar-refractivity contribution in [2.45, 2.75) is 18.6 Å². The van der Waals surface area contributed by atoms with Crippen molar-refractivity contribution in [3.8, 4) is 0 Å². The molecule has 1 aliphatic heterocycles. The topological polar surface area (TPSA) is 87.0 Å². The van der Waals surface area contributed by atoms with Crippen molar-refractivity contribution >= 4 is 5.97 Å². The van der Waals surface area contributed by atoms with Gasteiger partial charge in [0.05, 0.1) is 19.3 Å². The molecule has 0 bridgehead atoms. The molecule has 0 unspecified atom stereocenters. The normalized spacial score (nSPS) is 37.1. The molecule has 0 aromatic rings. The number of aliphatic hydroxyl groups is 3. The molecule has 1 fully saturated rings. The second-order valence-electron chi connectivity index (χ2n) is 3.56. The molecule has 0 radical (unpaired) electrons. The summed E-state index contributed by atoms with van der Waals surface area (Å²) in [5, 5.41) is 28.1. The Kier molecular flexibility index (Phi) is 2.30. The highest BCUT2D eigenvalue weighted by atomic mass is 16.5. The molecule has 1 heterocycles. The van der Waals surface area contributed by atoms with E-state index in [-0.39, 0.29) is 23.7 Å². The minimum atomic E-state index is -1.13. The predicted octanol–water partition coefficient (Wildman–Crippen LogP) is -1.43. The maximum Gasteiger partial charge on any atom is 0.334 e. The Bertz CT molecular complexity index is 296. The quantitative estimate of drug-likeness (QED) is 0.452. The van der Waals surface area contributed by atoms with Gasteiger partial charge in [-0.3, -0.25) is 0 Å². The highest BCUT2D eigenvalue weighted by Crippen LogP contribution is 2.37. The maximum atomic E-state index is 11.3. The number of cyclic esters (lactones) is 1. The number of hydrogen-bond acceptors (Lipinski definition) is 5. The van der Waals surface area contributed by atoms with E-state index in [1.165, 1.54) is 0 Å². The van der Waals surface area contributed by atoms with Gasteiger partial charge in [-0.2, -0.15) is 0 Å². The second-order valence-corrected chi connectivity index (χ2v) is 3.56. The predicted molar refractivity (Wildman–Crippen MR) is 45.2 cm³/mol. The van der Waals surface area contributed by atoms with Gasteiger partial charge in [0.15, 0.2) is 0 Å². The van der Waals surface area contributed by atoms with Crippen LogP contribution in [0, 0.1) is 5.92 Å². The first-order valence-electron chi connectivity index (χ1n) is 4.54. The van der Waals surface area contributed by atoms with Crippen molar-refractivity contribution < 1.29 is 24.9 Å². The second kappa shape index (κ2) is 3.34. The first kappa shape index (κ1) is 9.64. The number of esters is 1. The zero-order valence-corrected chi connectivity index (χ0v) is 7.51. The smallest absolute Gasteiger partial charge is 0.334 e. The van der Waals surface area contributed by atoms with Crippen LogP contribution < -0.4 is 0 Å². The minimum Gasteiger partial charge on any atom is -0.462 e. The fourth-order valence-electron chi connectivity index (χ4n) is 2.13. The monoisotopic (exact) mass is 200 g/mol. The van der Waals surface area contributed by atoms with E-state index in [1.54, 1.807) is 0 Å². The molecule has 78 valence electrons. The molecule has 0 aromatic heterocycles. The average molecular weight is 200 g/mol. The van der Waals surface area contributed by atoms with Crippen LogP contribution in [0.5, 0.6) is 0 Å². The van der Waals surface area contributed by atoms with Crippen LogP contribution in [0.15, 0.2) is 11.1 Å². The van der Waals surface area contributed by atoms with E-state index >= 15 is 0 Å². The molecule has 3 N–H and O–H groups in total. The molecule has 0 aromatic carbocycles. The van der Waals surface area contributed by atoms with Crippen molar-refractivity contribution in [2.24, 2.45) is 5.92 Å². The summed E-state index contributed by atoms with van der Waals surface area (Å²) in [7, 11) is 0. The molecule has 1 aliphatic carbocycles. The van der Waals surface area contributed by atoms with Crippen molar-refractivity contribution in [3.63, 3.8) is 0 Å². The average Bonchev–Trinajstić information content (AvgIpc) is 2.43. The van der Waals surface area contributed by atoms with E-state index in [1.807, 2.05) is 0 Å². The number of hydrogen-bond donors (Lipinski definition) is 3. The van der Waals surface area contributed by atoms with Gasteiger partial charge in [-0.15, -0.1) is 0 Å². The summed E-state index contributed by atoms with van der Waals surface area (Å²) in [6.45, 7) is -0.158. The van der Waals surface area contributed by atoms with Crippen molar-refractivity contribution in [3.05, 3.63) is 11.1 Å². The zero-order valence-electron chi connectivity index (χ0n) is 7.51. The van der Waals surface area contributed by atoms with E-state index in [0.717, 1.165) is 0 Å². The van der Waals surface area contributed by atoms with E-state index in [0.29, 0.717) is 6.42 Å². The molecule has 0 spiro atoms. The van der Waals surface area contributed by atoms with Crippen LogP contribution in [0.1, 0.15) is 6.42 Å². The molecule has 1 saturated heterocycles. The summed E-state index contributed by atoms with van der Waals surface area (Å²) >= 11 is 0. The van der Waals surface area contributed by atoms with Gasteiger partial charge in [-0.05, 0) is 12.0 Å². The van der Waals surface area contributed by atoms with Gasteiger partial charge >= 0.3 is 5.97 Å². The van der Waals surface area contributed by atoms with Crippen molar-refractivity contribution in [1.82, 2.24) is 0 Å². The van der Waals surface area contributed by atoms with Gasteiger partial charge in [0, 0.05) is 11.5 Å². The number of ether oxygens (including phenoxy) is 1. The third kappa shape index (κ3) is 1.17. The Labute approximate surface area is 80.6 Å². The molecule has 0 saturated carbocycles. The lowest BCUT2D eigenvalue weighted by atomic mass is 9.93. The van der Waals surface area contributed by atoms with E-state index in [4.69, 9.17) is 9.84 Å². The first-order valence-corrected chi connectivity index (χ1v) is 4.54. The summed E-state index contributed by atoms with van der Waals surface area (Å²) in [6.07, 6.45) is -1.62. The molecular formula is C9H12O5. The van der Waals surface area contributed by atoms with Gasteiger partial charge in [0.25, 0.3) is 0 Å². The summed E-state index contributed by atoms with van der Waals surface area (Å²) in [5.41, 5.74) is 0.464. The number of carbonyl (C=O) groups is 1. The number of rotatable bonds is 1. The Hall–Kier alpha value is -0.910. The van der Waals surface area contributed by atoms with Gasteiger partial charge in [0.2, 0.25) is 0 Å². The molecular weight excluding hydrogens is 188 g/mol. The van der Waals surface area contributed by atoms with E-state index in [9.17, 15) is 15.0 Å². The minimum absolute atomic E-state index is 0.201. The molecule has 3 atom stereocenters. The number of fused-ring (bicyclic) bond motifs is 1. The lowest BCUT2D eigenvalue weighted by molar-refractivity contribution is -0.143. The van der Waals surface area contributed by atoms with Gasteiger partial charge in [0.1, 0.15) is 6.10 Å². The third-order valence-corrected chi connectivity index (χ3v) is 2.86. The SMILES string of the molecule is O=C1OCC[C@@H]2C1=C(CO)[C@@H](O)[C@H]2O. The Morgan fingerprint density at radius 2 is 2.14 bits per heavy atom. The molecule has 5 nitrogen and oxygen atoms in total. The molecule has 5 heteroatoms. The van der Waals surface area contributed by atoms with Gasteiger partial charge in [-0.25, -0.2) is 4.79 Å². The Morgan fingerprint density at radius 1 is 1.43 bits per heavy atom. The molecule has 2 rings (SSSR count). The maximum absolute atomic E-state index is 11.3. The van der Waals surface area contributed by atoms with Crippen molar-refractivity contribution in [1.29, 1.82) is 0 Å².